The fourth-order valence-electron chi connectivity index (χ4n) is 2.06. The summed E-state index contributed by atoms with van der Waals surface area (Å²) in [5.41, 5.74) is 0.792. The second kappa shape index (κ2) is 5.35. The summed E-state index contributed by atoms with van der Waals surface area (Å²) in [4.78, 5) is 2.71. The molecule has 0 aliphatic carbocycles. The van der Waals surface area contributed by atoms with E-state index < -0.39 is 11.6 Å². The van der Waals surface area contributed by atoms with E-state index in [-0.39, 0.29) is 20.8 Å². The van der Waals surface area contributed by atoms with Gasteiger partial charge in [-0.2, -0.15) is 0 Å². The molecule has 21 heavy (non-hydrogen) atoms. The highest BCUT2D eigenvalue weighted by Gasteiger charge is 2.16. The maximum atomic E-state index is 13.8. The zero-order valence-electron chi connectivity index (χ0n) is 10.1. The first-order valence-electron chi connectivity index (χ1n) is 5.64. The van der Waals surface area contributed by atoms with Crippen molar-refractivity contribution in [2.45, 2.75) is 0 Å². The van der Waals surface area contributed by atoms with E-state index >= 15 is 0 Å². The molecule has 0 aliphatic rings. The van der Waals surface area contributed by atoms with Crippen LogP contribution in [0.25, 0.3) is 16.7 Å². The van der Waals surface area contributed by atoms with Crippen molar-refractivity contribution >= 4 is 62.4 Å². The SMILES string of the molecule is Fc1cc(F)c2[nH]c(=S)n(-c3ccc(Br)c(Cl)c3Cl)c2c1. The Kier molecular flexibility index (Phi) is 3.81. The molecule has 3 rings (SSSR count). The van der Waals surface area contributed by atoms with Crippen molar-refractivity contribution < 1.29 is 8.78 Å². The van der Waals surface area contributed by atoms with Crippen LogP contribution in [0.1, 0.15) is 0 Å². The number of imidazole rings is 1. The van der Waals surface area contributed by atoms with Crippen molar-refractivity contribution in [3.8, 4) is 5.69 Å². The predicted molar refractivity (Wildman–Crippen MR) is 86.1 cm³/mol. The summed E-state index contributed by atoms with van der Waals surface area (Å²) >= 11 is 20.7. The van der Waals surface area contributed by atoms with Gasteiger partial charge in [-0.05, 0) is 40.3 Å². The minimum Gasteiger partial charge on any atom is -0.328 e. The third-order valence-electron chi connectivity index (χ3n) is 2.97. The van der Waals surface area contributed by atoms with Crippen LogP contribution in [0.3, 0.4) is 0 Å². The van der Waals surface area contributed by atoms with Gasteiger partial charge in [0, 0.05) is 16.6 Å². The molecule has 0 saturated heterocycles. The molecule has 2 nitrogen and oxygen atoms in total. The van der Waals surface area contributed by atoms with Crippen molar-refractivity contribution in [2.24, 2.45) is 0 Å². The predicted octanol–water partition coefficient (Wildman–Crippen LogP) is 6.04. The lowest BCUT2D eigenvalue weighted by Crippen LogP contribution is -1.96. The molecule has 1 heterocycles. The largest absolute Gasteiger partial charge is 0.328 e. The van der Waals surface area contributed by atoms with E-state index in [4.69, 9.17) is 35.4 Å². The second-order valence-corrected chi connectivity index (χ2v) is 6.24. The first kappa shape index (κ1) is 15.0. The molecule has 0 atom stereocenters. The zero-order chi connectivity index (χ0) is 15.3. The van der Waals surface area contributed by atoms with Crippen molar-refractivity contribution in [3.63, 3.8) is 0 Å². The fraction of sp³-hybridized carbons (Fsp3) is 0. The van der Waals surface area contributed by atoms with Crippen LogP contribution in [0.4, 0.5) is 8.78 Å². The van der Waals surface area contributed by atoms with Gasteiger partial charge in [0.15, 0.2) is 10.6 Å². The summed E-state index contributed by atoms with van der Waals surface area (Å²) in [6.07, 6.45) is 0. The van der Waals surface area contributed by atoms with Crippen LogP contribution in [0.5, 0.6) is 0 Å². The van der Waals surface area contributed by atoms with E-state index in [0.717, 1.165) is 6.07 Å². The Hall–Kier alpha value is -0.950. The number of hydrogen-bond acceptors (Lipinski definition) is 1. The van der Waals surface area contributed by atoms with Gasteiger partial charge in [-0.15, -0.1) is 0 Å². The molecule has 1 N–H and O–H groups in total. The highest BCUT2D eigenvalue weighted by molar-refractivity contribution is 9.10. The average molecular weight is 410 g/mol. The van der Waals surface area contributed by atoms with E-state index in [9.17, 15) is 8.78 Å². The van der Waals surface area contributed by atoms with Crippen LogP contribution >= 0.6 is 51.3 Å². The molecule has 0 spiro atoms. The maximum Gasteiger partial charge on any atom is 0.182 e. The number of benzene rings is 2. The minimum absolute atomic E-state index is 0.108. The number of nitrogens with one attached hydrogen (secondary N) is 1. The van der Waals surface area contributed by atoms with Crippen molar-refractivity contribution in [3.05, 3.63) is 55.2 Å². The minimum atomic E-state index is -0.728. The third-order valence-corrected chi connectivity index (χ3v) is 5.01. The fourth-order valence-corrected chi connectivity index (χ4v) is 3.21. The summed E-state index contributed by atoms with van der Waals surface area (Å²) < 4.78 is 29.5. The first-order chi connectivity index (χ1) is 9.90. The van der Waals surface area contributed by atoms with Crippen LogP contribution in [0.2, 0.25) is 10.0 Å². The summed E-state index contributed by atoms with van der Waals surface area (Å²) in [6, 6.07) is 5.30. The molecule has 0 saturated carbocycles. The van der Waals surface area contributed by atoms with Gasteiger partial charge < -0.3 is 4.98 Å². The highest BCUT2D eigenvalue weighted by atomic mass is 79.9. The Balaban J connectivity index is 2.44. The number of fused-ring (bicyclic) bond motifs is 1. The molecule has 3 aromatic rings. The Morgan fingerprint density at radius 2 is 1.86 bits per heavy atom. The van der Waals surface area contributed by atoms with Crippen molar-refractivity contribution in [1.82, 2.24) is 9.55 Å². The Morgan fingerprint density at radius 1 is 1.14 bits per heavy atom. The number of H-pyrrole nitrogens is 1. The normalized spacial score (nSPS) is 11.3. The van der Waals surface area contributed by atoms with Gasteiger partial charge in [0.25, 0.3) is 0 Å². The summed E-state index contributed by atoms with van der Waals surface area (Å²) in [5, 5.41) is 0.523. The Labute approximate surface area is 141 Å². The maximum absolute atomic E-state index is 13.8. The number of nitrogens with zero attached hydrogens (tertiary/aromatic N) is 1. The van der Waals surface area contributed by atoms with Gasteiger partial charge in [0.2, 0.25) is 0 Å². The molecule has 0 fully saturated rings. The van der Waals surface area contributed by atoms with Gasteiger partial charge in [-0.3, -0.25) is 4.57 Å². The van der Waals surface area contributed by atoms with Crippen LogP contribution in [0, 0.1) is 16.4 Å². The summed E-state index contributed by atoms with van der Waals surface area (Å²) in [6.45, 7) is 0. The lowest BCUT2D eigenvalue weighted by Gasteiger charge is -2.09. The zero-order valence-corrected chi connectivity index (χ0v) is 14.0. The van der Waals surface area contributed by atoms with Crippen LogP contribution < -0.4 is 0 Å². The van der Waals surface area contributed by atoms with E-state index in [2.05, 4.69) is 20.9 Å². The quantitative estimate of drug-likeness (QED) is 0.384. The number of halogens is 5. The van der Waals surface area contributed by atoms with Gasteiger partial charge in [-0.1, -0.05) is 23.2 Å². The van der Waals surface area contributed by atoms with E-state index in [1.54, 1.807) is 12.1 Å². The molecule has 0 amide bonds. The number of aromatic amines is 1. The number of rotatable bonds is 1. The highest BCUT2D eigenvalue weighted by Crippen LogP contribution is 2.36. The first-order valence-corrected chi connectivity index (χ1v) is 7.59. The van der Waals surface area contributed by atoms with Gasteiger partial charge in [0.1, 0.15) is 11.3 Å². The topological polar surface area (TPSA) is 20.7 Å². The Bertz CT molecular complexity index is 936. The standard InChI is InChI=1S/C13H5BrCl2F2N2S/c14-6-1-2-8(11(16)10(6)15)20-9-4-5(17)3-7(18)12(9)19-13(20)21/h1-4H,(H,19,21). The van der Waals surface area contributed by atoms with E-state index in [1.807, 2.05) is 0 Å². The summed E-state index contributed by atoms with van der Waals surface area (Å²) in [5.74, 6) is -1.43. The molecule has 2 aromatic carbocycles. The number of aromatic nitrogens is 2. The second-order valence-electron chi connectivity index (χ2n) is 4.24. The van der Waals surface area contributed by atoms with Gasteiger partial charge in [0.05, 0.1) is 21.2 Å². The van der Waals surface area contributed by atoms with Gasteiger partial charge >= 0.3 is 0 Å². The monoisotopic (exact) mass is 408 g/mol. The van der Waals surface area contributed by atoms with E-state index in [0.29, 0.717) is 15.2 Å². The van der Waals surface area contributed by atoms with Crippen LogP contribution in [-0.4, -0.2) is 9.55 Å². The summed E-state index contributed by atoms with van der Waals surface area (Å²) in [7, 11) is 0. The lowest BCUT2D eigenvalue weighted by atomic mass is 10.2. The molecule has 0 radical (unpaired) electrons. The molecule has 0 aliphatic heterocycles. The number of hydrogen-bond donors (Lipinski definition) is 1. The molecule has 8 heteroatoms. The molecule has 1 aromatic heterocycles. The third kappa shape index (κ3) is 2.40. The molecule has 108 valence electrons. The van der Waals surface area contributed by atoms with Crippen molar-refractivity contribution in [2.75, 3.05) is 0 Å². The molecular formula is C13H5BrCl2F2N2S. The van der Waals surface area contributed by atoms with Crippen molar-refractivity contribution in [1.29, 1.82) is 0 Å². The van der Waals surface area contributed by atoms with Gasteiger partial charge in [-0.25, -0.2) is 8.78 Å². The average Bonchev–Trinajstić information content (AvgIpc) is 2.74. The molecule has 0 unspecified atom stereocenters. The smallest absolute Gasteiger partial charge is 0.182 e. The van der Waals surface area contributed by atoms with E-state index in [1.165, 1.54) is 10.6 Å². The van der Waals surface area contributed by atoms with Crippen LogP contribution in [-0.2, 0) is 0 Å². The molecule has 0 bridgehead atoms. The molecular weight excluding hydrogens is 405 g/mol. The van der Waals surface area contributed by atoms with Crippen LogP contribution in [0.15, 0.2) is 28.7 Å². The lowest BCUT2D eigenvalue weighted by molar-refractivity contribution is 0.590. The Morgan fingerprint density at radius 3 is 2.57 bits per heavy atom.